The van der Waals surface area contributed by atoms with E-state index < -0.39 is 5.97 Å². The van der Waals surface area contributed by atoms with Crippen molar-refractivity contribution in [2.75, 3.05) is 13.2 Å². The smallest absolute Gasteiger partial charge is 0.329 e. The number of carboxylic acids is 1. The van der Waals surface area contributed by atoms with Crippen LogP contribution in [-0.4, -0.2) is 34.1 Å². The summed E-state index contributed by atoms with van der Waals surface area (Å²) in [6, 6.07) is 16.5. The lowest BCUT2D eigenvalue weighted by Gasteiger charge is -2.28. The number of hydrogen-bond donors (Lipinski definition) is 2. The molecule has 0 unspecified atom stereocenters. The largest absolute Gasteiger partial charge is 0.480 e. The van der Waals surface area contributed by atoms with Gasteiger partial charge in [-0.3, -0.25) is 9.78 Å². The van der Waals surface area contributed by atoms with Crippen LogP contribution in [-0.2, 0) is 16.1 Å². The zero-order valence-corrected chi connectivity index (χ0v) is 18.6. The van der Waals surface area contributed by atoms with E-state index in [9.17, 15) is 9.18 Å². The van der Waals surface area contributed by atoms with Gasteiger partial charge < -0.3 is 9.84 Å². The third-order valence-corrected chi connectivity index (χ3v) is 6.56. The van der Waals surface area contributed by atoms with E-state index in [-0.39, 0.29) is 12.4 Å². The van der Waals surface area contributed by atoms with E-state index in [1.165, 1.54) is 12.1 Å². The van der Waals surface area contributed by atoms with Crippen molar-refractivity contribution in [3.63, 3.8) is 0 Å². The van der Waals surface area contributed by atoms with Gasteiger partial charge >= 0.3 is 5.97 Å². The predicted molar refractivity (Wildman–Crippen MR) is 124 cm³/mol. The highest BCUT2D eigenvalue weighted by Crippen LogP contribution is 2.35. The normalized spacial score (nSPS) is 18.5. The molecule has 32 heavy (non-hydrogen) atoms. The highest BCUT2D eigenvalue weighted by Gasteiger charge is 2.23. The summed E-state index contributed by atoms with van der Waals surface area (Å²) < 4.78 is 21.6. The molecule has 7 heteroatoms. The van der Waals surface area contributed by atoms with Gasteiger partial charge in [0, 0.05) is 17.7 Å². The lowest BCUT2D eigenvalue weighted by atomic mass is 9.82. The standard InChI is InChI=1S/C25H27FN2O3S/c26-21-12-10-20(11-13-21)24-23(19-4-2-1-3-5-19)25(32)28(27-24)14-17-6-8-18(9-7-17)15-31-16-22(29)30/h1-5,10-13,17-18,27H,6-9,14-16H2,(H,29,30). The van der Waals surface area contributed by atoms with Gasteiger partial charge in [-0.1, -0.05) is 42.5 Å². The number of benzene rings is 2. The van der Waals surface area contributed by atoms with Crippen LogP contribution in [0.25, 0.3) is 22.4 Å². The fraction of sp³-hybridized carbons (Fsp3) is 0.360. The molecule has 0 saturated heterocycles. The molecule has 0 radical (unpaired) electrons. The fourth-order valence-electron chi connectivity index (χ4n) is 4.46. The molecule has 1 aromatic heterocycles. The minimum Gasteiger partial charge on any atom is -0.480 e. The Morgan fingerprint density at radius 3 is 2.34 bits per heavy atom. The number of rotatable bonds is 8. The zero-order chi connectivity index (χ0) is 22.5. The van der Waals surface area contributed by atoms with E-state index in [1.807, 2.05) is 35.0 Å². The van der Waals surface area contributed by atoms with Gasteiger partial charge in [0.1, 0.15) is 17.1 Å². The first-order valence-electron chi connectivity index (χ1n) is 10.9. The zero-order valence-electron chi connectivity index (χ0n) is 17.8. The van der Waals surface area contributed by atoms with Crippen LogP contribution in [0.3, 0.4) is 0 Å². The van der Waals surface area contributed by atoms with Crippen LogP contribution in [0.2, 0.25) is 0 Å². The molecule has 5 nitrogen and oxygen atoms in total. The number of aromatic nitrogens is 2. The lowest BCUT2D eigenvalue weighted by molar-refractivity contribution is -0.142. The third-order valence-electron chi connectivity index (χ3n) is 6.14. The van der Waals surface area contributed by atoms with E-state index in [4.69, 9.17) is 22.1 Å². The van der Waals surface area contributed by atoms with E-state index in [0.29, 0.717) is 18.4 Å². The topological polar surface area (TPSA) is 67.2 Å². The second-order valence-electron chi connectivity index (χ2n) is 8.45. The number of carboxylic acid groups (broad SMARTS) is 1. The lowest BCUT2D eigenvalue weighted by Crippen LogP contribution is -2.23. The van der Waals surface area contributed by atoms with Gasteiger partial charge in [-0.05, 0) is 67.3 Å². The summed E-state index contributed by atoms with van der Waals surface area (Å²) in [6.45, 7) is 1.07. The minimum atomic E-state index is -0.925. The van der Waals surface area contributed by atoms with Crippen molar-refractivity contribution in [3.8, 4) is 22.4 Å². The molecule has 0 spiro atoms. The second kappa shape index (κ2) is 10.2. The van der Waals surface area contributed by atoms with Crippen molar-refractivity contribution in [3.05, 3.63) is 65.1 Å². The molecule has 1 saturated carbocycles. The van der Waals surface area contributed by atoms with Gasteiger partial charge in [0.15, 0.2) is 0 Å². The van der Waals surface area contributed by atoms with Gasteiger partial charge in [0.2, 0.25) is 0 Å². The van der Waals surface area contributed by atoms with Crippen molar-refractivity contribution in [1.82, 2.24) is 9.78 Å². The number of halogens is 1. The molecule has 0 atom stereocenters. The van der Waals surface area contributed by atoms with Crippen molar-refractivity contribution in [1.29, 1.82) is 0 Å². The number of carbonyl (C=O) groups is 1. The number of ether oxygens (including phenoxy) is 1. The molecule has 2 N–H and O–H groups in total. The summed E-state index contributed by atoms with van der Waals surface area (Å²) in [4.78, 5) is 10.6. The molecule has 0 bridgehead atoms. The first kappa shape index (κ1) is 22.4. The van der Waals surface area contributed by atoms with Crippen molar-refractivity contribution < 1.29 is 19.0 Å². The molecule has 168 valence electrons. The average molecular weight is 455 g/mol. The average Bonchev–Trinajstić information content (AvgIpc) is 3.11. The van der Waals surface area contributed by atoms with Gasteiger partial charge in [-0.15, -0.1) is 0 Å². The fourth-order valence-corrected chi connectivity index (χ4v) is 4.80. The molecule has 0 amide bonds. The Hall–Kier alpha value is -2.77. The number of nitrogens with zero attached hydrogens (tertiary/aromatic N) is 1. The molecule has 1 aliphatic carbocycles. The summed E-state index contributed by atoms with van der Waals surface area (Å²) in [5.74, 6) is -0.291. The number of aromatic amines is 1. The summed E-state index contributed by atoms with van der Waals surface area (Å²) in [6.07, 6.45) is 4.15. The van der Waals surface area contributed by atoms with Crippen molar-refractivity contribution >= 4 is 18.2 Å². The highest BCUT2D eigenvalue weighted by molar-refractivity contribution is 7.71. The third kappa shape index (κ3) is 5.34. The Bertz CT molecular complexity index is 1100. The Labute approximate surface area is 191 Å². The molecule has 1 fully saturated rings. The SMILES string of the molecule is O=C(O)COCC1CCC(Cn2[nH]c(-c3ccc(F)cc3)c(-c3ccccc3)c2=S)CC1. The Balaban J connectivity index is 1.52. The van der Waals surface area contributed by atoms with Crippen LogP contribution >= 0.6 is 12.2 Å². The highest BCUT2D eigenvalue weighted by atomic mass is 32.1. The van der Waals surface area contributed by atoms with Gasteiger partial charge in [0.25, 0.3) is 0 Å². The molecule has 0 aliphatic heterocycles. The number of hydrogen-bond acceptors (Lipinski definition) is 3. The molecule has 2 aromatic carbocycles. The quantitative estimate of drug-likeness (QED) is 0.414. The number of nitrogens with one attached hydrogen (secondary N) is 1. The molecular formula is C25H27FN2O3S. The monoisotopic (exact) mass is 454 g/mol. The molecule has 3 aromatic rings. The number of aliphatic carboxylic acids is 1. The minimum absolute atomic E-state index is 0.230. The first-order valence-corrected chi connectivity index (χ1v) is 11.4. The van der Waals surface area contributed by atoms with E-state index in [2.05, 4.69) is 5.10 Å². The van der Waals surface area contributed by atoms with Gasteiger partial charge in [0.05, 0.1) is 12.3 Å². The maximum atomic E-state index is 13.5. The number of H-pyrrole nitrogens is 1. The van der Waals surface area contributed by atoms with Crippen molar-refractivity contribution in [2.45, 2.75) is 32.2 Å². The predicted octanol–water partition coefficient (Wildman–Crippen LogP) is 5.93. The van der Waals surface area contributed by atoms with Gasteiger partial charge in [-0.25, -0.2) is 9.18 Å². The Morgan fingerprint density at radius 1 is 1.03 bits per heavy atom. The van der Waals surface area contributed by atoms with Crippen LogP contribution in [0.15, 0.2) is 54.6 Å². The summed E-state index contributed by atoms with van der Waals surface area (Å²) in [5.41, 5.74) is 3.79. The second-order valence-corrected chi connectivity index (χ2v) is 8.83. The van der Waals surface area contributed by atoms with E-state index in [0.717, 1.165) is 59.3 Å². The van der Waals surface area contributed by atoms with Crippen molar-refractivity contribution in [2.24, 2.45) is 11.8 Å². The summed E-state index contributed by atoms with van der Waals surface area (Å²) in [7, 11) is 0. The summed E-state index contributed by atoms with van der Waals surface area (Å²) in [5, 5.41) is 12.2. The van der Waals surface area contributed by atoms with Crippen LogP contribution < -0.4 is 0 Å². The van der Waals surface area contributed by atoms with Gasteiger partial charge in [-0.2, -0.15) is 0 Å². The Morgan fingerprint density at radius 2 is 1.69 bits per heavy atom. The maximum Gasteiger partial charge on any atom is 0.329 e. The molecule has 4 rings (SSSR count). The Kier molecular flexibility index (Phi) is 7.17. The maximum absolute atomic E-state index is 13.5. The van der Waals surface area contributed by atoms with Crippen LogP contribution in [0.5, 0.6) is 0 Å². The van der Waals surface area contributed by atoms with Crippen LogP contribution in [0.4, 0.5) is 4.39 Å². The van der Waals surface area contributed by atoms with Crippen LogP contribution in [0.1, 0.15) is 25.7 Å². The molecule has 1 aliphatic rings. The first-order chi connectivity index (χ1) is 15.5. The van der Waals surface area contributed by atoms with E-state index in [1.54, 1.807) is 12.1 Å². The van der Waals surface area contributed by atoms with Crippen LogP contribution in [0, 0.1) is 22.3 Å². The van der Waals surface area contributed by atoms with E-state index >= 15 is 0 Å². The summed E-state index contributed by atoms with van der Waals surface area (Å²) >= 11 is 5.88. The molecular weight excluding hydrogens is 427 g/mol. The molecule has 1 heterocycles.